The van der Waals surface area contributed by atoms with E-state index < -0.39 is 5.67 Å². The summed E-state index contributed by atoms with van der Waals surface area (Å²) in [4.78, 5) is 0. The molecule has 0 atom stereocenters. The highest BCUT2D eigenvalue weighted by Gasteiger charge is 2.32. The number of benzene rings is 1. The Labute approximate surface area is 134 Å². The standard InChI is InChI=1S/C16H20BrFI/c1-13-5-7-15(8-6-13)19-12-14(17)11-16(18)9-3-2-4-10-16/h5-8,12H,2-4,9-11H2,1H3/q+1/b14-12-. The minimum Gasteiger partial charge on any atom is -0.244 e. The molecule has 1 saturated carbocycles. The van der Waals surface area contributed by atoms with E-state index in [1.165, 1.54) is 15.6 Å². The van der Waals surface area contributed by atoms with E-state index in [1.54, 1.807) is 0 Å². The van der Waals surface area contributed by atoms with Gasteiger partial charge in [0.2, 0.25) is 0 Å². The Hall–Kier alpha value is 0.1000. The van der Waals surface area contributed by atoms with Gasteiger partial charge in [-0.1, -0.05) is 52.9 Å². The second kappa shape index (κ2) is 7.21. The van der Waals surface area contributed by atoms with E-state index in [0.29, 0.717) is 6.42 Å². The summed E-state index contributed by atoms with van der Waals surface area (Å²) in [6, 6.07) is 8.67. The summed E-state index contributed by atoms with van der Waals surface area (Å²) in [5.74, 6) is 0. The monoisotopic (exact) mass is 437 g/mol. The van der Waals surface area contributed by atoms with Crippen molar-refractivity contribution in [3.8, 4) is 0 Å². The second-order valence-corrected chi connectivity index (χ2v) is 8.86. The van der Waals surface area contributed by atoms with Crippen LogP contribution >= 0.6 is 15.9 Å². The molecule has 1 aromatic rings. The molecule has 1 aliphatic rings. The van der Waals surface area contributed by atoms with Crippen molar-refractivity contribution >= 4 is 15.9 Å². The largest absolute Gasteiger partial charge is 0.350 e. The van der Waals surface area contributed by atoms with Crippen LogP contribution in [-0.2, 0) is 0 Å². The molecule has 0 spiro atoms. The van der Waals surface area contributed by atoms with E-state index >= 15 is 0 Å². The molecule has 0 saturated heterocycles. The van der Waals surface area contributed by atoms with Gasteiger partial charge in [-0.05, 0) is 31.9 Å². The summed E-state index contributed by atoms with van der Waals surface area (Å²) in [6.07, 6.45) is 5.33. The molecule has 0 bridgehead atoms. The lowest BCUT2D eigenvalue weighted by molar-refractivity contribution is -0.557. The first kappa shape index (κ1) is 15.5. The summed E-state index contributed by atoms with van der Waals surface area (Å²) in [5.41, 5.74) is 0.339. The summed E-state index contributed by atoms with van der Waals surface area (Å²) in [5, 5.41) is 0. The molecule has 0 nitrogen and oxygen atoms in total. The zero-order valence-corrected chi connectivity index (χ0v) is 15.0. The number of alkyl halides is 1. The maximum atomic E-state index is 14.5. The number of halogens is 3. The molecule has 1 fully saturated rings. The zero-order valence-electron chi connectivity index (χ0n) is 11.3. The SMILES string of the molecule is Cc1ccc([I+]/C=C(\Br)CC2(F)CCCCC2)cc1. The normalized spacial score (nSPS) is 19.4. The molecule has 2 rings (SSSR count). The highest BCUT2D eigenvalue weighted by atomic mass is 127. The highest BCUT2D eigenvalue weighted by Crippen LogP contribution is 2.37. The Kier molecular flexibility index (Phi) is 5.87. The molecule has 0 heterocycles. The third-order valence-corrected chi connectivity index (χ3v) is 7.41. The predicted molar refractivity (Wildman–Crippen MR) is 78.4 cm³/mol. The van der Waals surface area contributed by atoms with Gasteiger partial charge in [0.1, 0.15) is 5.67 Å². The summed E-state index contributed by atoms with van der Waals surface area (Å²) < 4.78 is 19.2. The van der Waals surface area contributed by atoms with E-state index in [0.717, 1.165) is 30.2 Å². The summed E-state index contributed by atoms with van der Waals surface area (Å²) >= 11 is 3.42. The first-order valence-electron chi connectivity index (χ1n) is 6.81. The van der Waals surface area contributed by atoms with Gasteiger partial charge in [0.25, 0.3) is 0 Å². The second-order valence-electron chi connectivity index (χ2n) is 5.35. The molecule has 104 valence electrons. The molecular weight excluding hydrogens is 418 g/mol. The van der Waals surface area contributed by atoms with Crippen LogP contribution in [0.2, 0.25) is 0 Å². The van der Waals surface area contributed by atoms with Gasteiger partial charge in [-0.3, -0.25) is 0 Å². The van der Waals surface area contributed by atoms with Gasteiger partial charge in [0, 0.05) is 10.9 Å². The van der Waals surface area contributed by atoms with Crippen molar-refractivity contribution in [3.63, 3.8) is 0 Å². The lowest BCUT2D eigenvalue weighted by Gasteiger charge is -2.28. The Balaban J connectivity index is 1.90. The average Bonchev–Trinajstić information content (AvgIpc) is 2.38. The molecule has 1 aliphatic carbocycles. The fraction of sp³-hybridized carbons (Fsp3) is 0.500. The Morgan fingerprint density at radius 1 is 1.26 bits per heavy atom. The molecular formula is C16H20BrFI+. The van der Waals surface area contributed by atoms with Crippen LogP contribution in [0.1, 0.15) is 44.1 Å². The number of rotatable bonds is 4. The molecule has 0 amide bonds. The van der Waals surface area contributed by atoms with E-state index in [-0.39, 0.29) is 21.2 Å². The molecule has 0 radical (unpaired) electrons. The van der Waals surface area contributed by atoms with Crippen LogP contribution in [0.5, 0.6) is 0 Å². The quantitative estimate of drug-likeness (QED) is 0.635. The van der Waals surface area contributed by atoms with Crippen LogP contribution in [0.25, 0.3) is 0 Å². The summed E-state index contributed by atoms with van der Waals surface area (Å²) in [7, 11) is 0. The van der Waals surface area contributed by atoms with Crippen molar-refractivity contribution in [2.45, 2.75) is 51.1 Å². The smallest absolute Gasteiger partial charge is 0.244 e. The Morgan fingerprint density at radius 3 is 2.53 bits per heavy atom. The van der Waals surface area contributed by atoms with Gasteiger partial charge in [-0.25, -0.2) is 4.39 Å². The minimum absolute atomic E-state index is 0.154. The van der Waals surface area contributed by atoms with Crippen LogP contribution in [0.15, 0.2) is 32.8 Å². The van der Waals surface area contributed by atoms with Gasteiger partial charge in [0.05, 0.1) is 0 Å². The first-order valence-corrected chi connectivity index (χ1v) is 9.93. The van der Waals surface area contributed by atoms with Gasteiger partial charge < -0.3 is 0 Å². The number of aryl methyl sites for hydroxylation is 1. The number of allylic oxidation sites excluding steroid dienone is 1. The third kappa shape index (κ3) is 5.18. The Morgan fingerprint density at radius 2 is 1.89 bits per heavy atom. The van der Waals surface area contributed by atoms with E-state index in [1.807, 2.05) is 0 Å². The molecule has 0 aliphatic heterocycles. The van der Waals surface area contributed by atoms with E-state index in [2.05, 4.69) is 51.2 Å². The van der Waals surface area contributed by atoms with Crippen LogP contribution < -0.4 is 21.2 Å². The predicted octanol–water partition coefficient (Wildman–Crippen LogP) is 2.55. The van der Waals surface area contributed by atoms with Crippen LogP contribution in [-0.4, -0.2) is 5.67 Å². The van der Waals surface area contributed by atoms with Crippen molar-refractivity contribution in [3.05, 3.63) is 42.0 Å². The van der Waals surface area contributed by atoms with Crippen molar-refractivity contribution < 1.29 is 25.6 Å². The molecule has 1 aromatic carbocycles. The van der Waals surface area contributed by atoms with Gasteiger partial charge in [-0.15, -0.1) is 0 Å². The zero-order chi connectivity index (χ0) is 13.7. The summed E-state index contributed by atoms with van der Waals surface area (Å²) in [6.45, 7) is 2.10. The maximum Gasteiger partial charge on any atom is 0.350 e. The van der Waals surface area contributed by atoms with Gasteiger partial charge in [-0.2, -0.15) is 0 Å². The van der Waals surface area contributed by atoms with Crippen LogP contribution in [0.4, 0.5) is 4.39 Å². The van der Waals surface area contributed by atoms with Crippen molar-refractivity contribution in [2.75, 3.05) is 0 Å². The lowest BCUT2D eigenvalue weighted by atomic mass is 9.84. The van der Waals surface area contributed by atoms with Crippen molar-refractivity contribution in [2.24, 2.45) is 0 Å². The molecule has 0 unspecified atom stereocenters. The number of hydrogen-bond acceptors (Lipinski definition) is 0. The topological polar surface area (TPSA) is 0 Å². The molecule has 0 N–H and O–H groups in total. The van der Waals surface area contributed by atoms with Crippen LogP contribution in [0.3, 0.4) is 0 Å². The maximum absolute atomic E-state index is 14.5. The molecule has 19 heavy (non-hydrogen) atoms. The van der Waals surface area contributed by atoms with Crippen molar-refractivity contribution in [1.82, 2.24) is 0 Å². The molecule has 0 aromatic heterocycles. The fourth-order valence-corrected chi connectivity index (χ4v) is 5.21. The fourth-order valence-electron chi connectivity index (χ4n) is 2.43. The Bertz CT molecular complexity index is 433. The highest BCUT2D eigenvalue weighted by molar-refractivity contribution is 9.11. The number of hydrogen-bond donors (Lipinski definition) is 0. The van der Waals surface area contributed by atoms with Gasteiger partial charge in [0.15, 0.2) is 7.65 Å². The van der Waals surface area contributed by atoms with Gasteiger partial charge >= 0.3 is 21.2 Å². The average molecular weight is 438 g/mol. The van der Waals surface area contributed by atoms with E-state index in [4.69, 9.17) is 0 Å². The lowest BCUT2D eigenvalue weighted by Crippen LogP contribution is -3.59. The third-order valence-electron chi connectivity index (χ3n) is 3.55. The van der Waals surface area contributed by atoms with Crippen LogP contribution in [0, 0.1) is 10.5 Å². The molecule has 3 heteroatoms. The minimum atomic E-state index is -0.954. The van der Waals surface area contributed by atoms with Crippen molar-refractivity contribution in [1.29, 1.82) is 0 Å². The first-order chi connectivity index (χ1) is 9.07. The van der Waals surface area contributed by atoms with E-state index in [9.17, 15) is 4.39 Å².